The fourth-order valence-electron chi connectivity index (χ4n) is 1.41. The van der Waals surface area contributed by atoms with Gasteiger partial charge in [0.2, 0.25) is 0 Å². The number of carbonyl (C=O) groups is 3. The molecule has 22 heavy (non-hydrogen) atoms. The second-order valence-corrected chi connectivity index (χ2v) is 4.17. The highest BCUT2D eigenvalue weighted by molar-refractivity contribution is 5.97. The van der Waals surface area contributed by atoms with E-state index in [2.05, 4.69) is 0 Å². The molecule has 0 aromatic heterocycles. The van der Waals surface area contributed by atoms with E-state index in [9.17, 15) is 24.6 Å². The van der Waals surface area contributed by atoms with Crippen molar-refractivity contribution in [1.29, 1.82) is 0 Å². The van der Waals surface area contributed by atoms with Gasteiger partial charge in [0.25, 0.3) is 5.76 Å². The summed E-state index contributed by atoms with van der Waals surface area (Å²) in [5, 5.41) is 18.5. The highest BCUT2D eigenvalue weighted by atomic mass is 16.6. The first-order chi connectivity index (χ1) is 10.4. The number of carboxylic acids is 1. The predicted molar refractivity (Wildman–Crippen MR) is 75.4 cm³/mol. The van der Waals surface area contributed by atoms with Gasteiger partial charge in [0.15, 0.2) is 5.76 Å². The molecule has 0 atom stereocenters. The fourth-order valence-corrected chi connectivity index (χ4v) is 1.41. The van der Waals surface area contributed by atoms with Gasteiger partial charge in [-0.1, -0.05) is 13.8 Å². The molecule has 0 amide bonds. The Morgan fingerprint density at radius 3 is 1.91 bits per heavy atom. The third kappa shape index (κ3) is 4.62. The first-order valence-corrected chi connectivity index (χ1v) is 6.57. The Kier molecular flexibility index (Phi) is 6.12. The van der Waals surface area contributed by atoms with Gasteiger partial charge in [-0.2, -0.15) is 0 Å². The molecule has 0 heterocycles. The van der Waals surface area contributed by atoms with Crippen molar-refractivity contribution in [1.82, 2.24) is 0 Å². The Labute approximate surface area is 126 Å². The van der Waals surface area contributed by atoms with Crippen LogP contribution in [0.5, 0.6) is 5.75 Å². The van der Waals surface area contributed by atoms with Crippen molar-refractivity contribution in [2.45, 2.75) is 26.7 Å². The number of rotatable bonds is 6. The molecule has 0 saturated carbocycles. The topological polar surface area (TPSA) is 110 Å². The summed E-state index contributed by atoms with van der Waals surface area (Å²) in [6, 6.07) is 5.26. The molecule has 0 spiro atoms. The fraction of sp³-hybridized carbons (Fsp3) is 0.267. The lowest BCUT2D eigenvalue weighted by Gasteiger charge is -2.12. The zero-order valence-electron chi connectivity index (χ0n) is 12.2. The van der Waals surface area contributed by atoms with Crippen molar-refractivity contribution in [3.05, 3.63) is 35.6 Å². The number of aromatic hydroxyl groups is 1. The van der Waals surface area contributed by atoms with Crippen molar-refractivity contribution in [3.8, 4) is 5.75 Å². The van der Waals surface area contributed by atoms with Crippen LogP contribution in [-0.4, -0.2) is 28.1 Å². The Hall–Kier alpha value is -2.83. The van der Waals surface area contributed by atoms with Gasteiger partial charge in [0.05, 0.1) is 0 Å². The van der Waals surface area contributed by atoms with Gasteiger partial charge in [-0.15, -0.1) is 0 Å². The molecule has 0 unspecified atom stereocenters. The Bertz CT molecular complexity index is 599. The summed E-state index contributed by atoms with van der Waals surface area (Å²) in [6.45, 7) is 3.04. The normalized spacial score (nSPS) is 11.4. The zero-order valence-corrected chi connectivity index (χ0v) is 12.2. The van der Waals surface area contributed by atoms with Crippen LogP contribution in [-0.2, 0) is 23.9 Å². The van der Waals surface area contributed by atoms with Crippen molar-refractivity contribution in [3.63, 3.8) is 0 Å². The Morgan fingerprint density at radius 1 is 0.955 bits per heavy atom. The minimum atomic E-state index is -1.55. The van der Waals surface area contributed by atoms with Crippen LogP contribution >= 0.6 is 0 Å². The van der Waals surface area contributed by atoms with Crippen LogP contribution < -0.4 is 0 Å². The summed E-state index contributed by atoms with van der Waals surface area (Å²) < 4.78 is 9.75. The van der Waals surface area contributed by atoms with E-state index in [1.807, 2.05) is 0 Å². The number of aliphatic carboxylic acids is 1. The summed E-state index contributed by atoms with van der Waals surface area (Å²) in [6.07, 6.45) is -0.0302. The number of phenolic OH excluding ortho intramolecular Hbond substituents is 1. The SMILES string of the molecule is CCC(=O)O/C(C(=O)O)=C(/OC(=O)CC)c1ccc(O)cc1. The van der Waals surface area contributed by atoms with E-state index in [0.29, 0.717) is 0 Å². The van der Waals surface area contributed by atoms with Gasteiger partial charge in [-0.25, -0.2) is 4.79 Å². The number of hydrogen-bond acceptors (Lipinski definition) is 6. The molecule has 0 bridgehead atoms. The highest BCUT2D eigenvalue weighted by Gasteiger charge is 2.24. The van der Waals surface area contributed by atoms with E-state index in [4.69, 9.17) is 9.47 Å². The lowest BCUT2D eigenvalue weighted by Crippen LogP contribution is -2.15. The first kappa shape index (κ1) is 17.2. The second-order valence-electron chi connectivity index (χ2n) is 4.17. The molecule has 0 saturated heterocycles. The maximum absolute atomic E-state index is 11.5. The molecule has 0 radical (unpaired) electrons. The third-order valence-electron chi connectivity index (χ3n) is 2.54. The average molecular weight is 308 g/mol. The van der Waals surface area contributed by atoms with Crippen LogP contribution in [0.25, 0.3) is 5.76 Å². The molecular formula is C15H16O7. The third-order valence-corrected chi connectivity index (χ3v) is 2.54. The summed E-state index contributed by atoms with van der Waals surface area (Å²) in [5.74, 6) is -4.22. The monoisotopic (exact) mass is 308 g/mol. The first-order valence-electron chi connectivity index (χ1n) is 6.57. The summed E-state index contributed by atoms with van der Waals surface area (Å²) in [5.41, 5.74) is 0.181. The van der Waals surface area contributed by atoms with E-state index >= 15 is 0 Å². The van der Waals surface area contributed by atoms with E-state index < -0.39 is 23.7 Å². The molecule has 0 fully saturated rings. The number of ether oxygens (including phenoxy) is 2. The average Bonchev–Trinajstić information content (AvgIpc) is 2.50. The summed E-state index contributed by atoms with van der Waals surface area (Å²) >= 11 is 0. The van der Waals surface area contributed by atoms with Gasteiger partial charge in [0, 0.05) is 18.4 Å². The Balaban J connectivity index is 3.38. The molecule has 0 aliphatic rings. The number of hydrogen-bond donors (Lipinski definition) is 2. The highest BCUT2D eigenvalue weighted by Crippen LogP contribution is 2.24. The largest absolute Gasteiger partial charge is 0.508 e. The lowest BCUT2D eigenvalue weighted by atomic mass is 10.1. The maximum Gasteiger partial charge on any atom is 0.375 e. The van der Waals surface area contributed by atoms with Gasteiger partial charge < -0.3 is 19.7 Å². The van der Waals surface area contributed by atoms with E-state index in [-0.39, 0.29) is 29.9 Å². The van der Waals surface area contributed by atoms with Crippen molar-refractivity contribution in [2.24, 2.45) is 0 Å². The van der Waals surface area contributed by atoms with Gasteiger partial charge in [0.1, 0.15) is 5.75 Å². The van der Waals surface area contributed by atoms with Gasteiger partial charge >= 0.3 is 17.9 Å². The second kappa shape index (κ2) is 7.82. The predicted octanol–water partition coefficient (Wildman–Crippen LogP) is 2.05. The van der Waals surface area contributed by atoms with Crippen LogP contribution in [0.3, 0.4) is 0 Å². The number of phenols is 1. The van der Waals surface area contributed by atoms with Crippen LogP contribution in [0.4, 0.5) is 0 Å². The molecule has 118 valence electrons. The molecule has 0 aliphatic heterocycles. The minimum Gasteiger partial charge on any atom is -0.508 e. The molecule has 1 rings (SSSR count). The number of carboxylic acid groups (broad SMARTS) is 1. The number of carbonyl (C=O) groups excluding carboxylic acids is 2. The van der Waals surface area contributed by atoms with E-state index in [1.165, 1.54) is 38.1 Å². The molecule has 0 aliphatic carbocycles. The summed E-state index contributed by atoms with van der Waals surface area (Å²) in [4.78, 5) is 34.2. The minimum absolute atomic E-state index is 0.0101. The van der Waals surface area contributed by atoms with E-state index in [1.54, 1.807) is 0 Å². The molecule has 1 aromatic carbocycles. The Morgan fingerprint density at radius 2 is 1.45 bits per heavy atom. The van der Waals surface area contributed by atoms with E-state index in [0.717, 1.165) is 0 Å². The van der Waals surface area contributed by atoms with Crippen molar-refractivity contribution in [2.75, 3.05) is 0 Å². The van der Waals surface area contributed by atoms with Crippen molar-refractivity contribution >= 4 is 23.7 Å². The number of benzene rings is 1. The van der Waals surface area contributed by atoms with Crippen LogP contribution in [0.15, 0.2) is 30.0 Å². The standard InChI is InChI=1S/C15H16O7/c1-3-11(17)21-13(9-5-7-10(16)8-6-9)14(15(19)20)22-12(18)4-2/h5-8,16H,3-4H2,1-2H3,(H,19,20)/b14-13+. The maximum atomic E-state index is 11.5. The van der Waals surface area contributed by atoms with Crippen LogP contribution in [0.1, 0.15) is 32.3 Å². The van der Waals surface area contributed by atoms with Gasteiger partial charge in [-0.05, 0) is 24.3 Å². The zero-order chi connectivity index (χ0) is 16.7. The molecular weight excluding hydrogens is 292 g/mol. The summed E-state index contributed by atoms with van der Waals surface area (Å²) in [7, 11) is 0. The number of esters is 2. The molecule has 2 N–H and O–H groups in total. The van der Waals surface area contributed by atoms with Crippen LogP contribution in [0.2, 0.25) is 0 Å². The smallest absolute Gasteiger partial charge is 0.375 e. The van der Waals surface area contributed by atoms with Crippen molar-refractivity contribution < 1.29 is 34.1 Å². The lowest BCUT2D eigenvalue weighted by molar-refractivity contribution is -0.148. The van der Waals surface area contributed by atoms with Crippen LogP contribution in [0, 0.1) is 0 Å². The molecule has 7 nitrogen and oxygen atoms in total. The molecule has 1 aromatic rings. The molecule has 7 heteroatoms. The quantitative estimate of drug-likeness (QED) is 0.470. The van der Waals surface area contributed by atoms with Gasteiger partial charge in [-0.3, -0.25) is 9.59 Å².